The number of hydrogen-bond acceptors (Lipinski definition) is 4. The molecular formula is C11H16N4. The van der Waals surface area contributed by atoms with E-state index >= 15 is 0 Å². The van der Waals surface area contributed by atoms with Crippen LogP contribution in [-0.4, -0.2) is 23.4 Å². The minimum absolute atomic E-state index is 0.335. The Morgan fingerprint density at radius 2 is 2.33 bits per heavy atom. The largest absolute Gasteiger partial charge is 0.397 e. The summed E-state index contributed by atoms with van der Waals surface area (Å²) in [5.74, 6) is 1.37. The number of pyridine rings is 1. The number of nitrogens with zero attached hydrogens (tertiary/aromatic N) is 2. The summed E-state index contributed by atoms with van der Waals surface area (Å²) < 4.78 is 0. The van der Waals surface area contributed by atoms with Crippen LogP contribution < -0.4 is 11.1 Å². The summed E-state index contributed by atoms with van der Waals surface area (Å²) in [6.45, 7) is 5.21. The first-order valence-corrected chi connectivity index (χ1v) is 5.21. The van der Waals surface area contributed by atoms with E-state index in [1.807, 2.05) is 12.1 Å². The number of aliphatic imine (C=N–C) groups is 1. The van der Waals surface area contributed by atoms with E-state index in [4.69, 9.17) is 5.73 Å². The zero-order valence-corrected chi connectivity index (χ0v) is 9.07. The van der Waals surface area contributed by atoms with Crippen molar-refractivity contribution in [1.29, 1.82) is 0 Å². The maximum atomic E-state index is 5.84. The van der Waals surface area contributed by atoms with Crippen molar-refractivity contribution in [1.82, 2.24) is 10.3 Å². The standard InChI is InChI=1S/C11H16N4/c1-7(2)9-6-14-11(15-9)10-8(12)4-3-5-13-10/h3-5,7,9H,6,12H2,1-2H3,(H,14,15). The van der Waals surface area contributed by atoms with Gasteiger partial charge in [-0.25, -0.2) is 0 Å². The van der Waals surface area contributed by atoms with Crippen LogP contribution in [0.3, 0.4) is 0 Å². The van der Waals surface area contributed by atoms with Crippen molar-refractivity contribution in [3.05, 3.63) is 24.0 Å². The molecule has 0 aromatic carbocycles. The van der Waals surface area contributed by atoms with Crippen LogP contribution in [0.1, 0.15) is 19.5 Å². The highest BCUT2D eigenvalue weighted by molar-refractivity contribution is 6.02. The SMILES string of the molecule is CC(C)C1CNC(c2ncccc2N)=N1. The topological polar surface area (TPSA) is 63.3 Å². The van der Waals surface area contributed by atoms with Crippen molar-refractivity contribution in [3.63, 3.8) is 0 Å². The molecule has 1 atom stereocenters. The maximum Gasteiger partial charge on any atom is 0.149 e. The molecule has 0 bridgehead atoms. The second-order valence-corrected chi connectivity index (χ2v) is 4.11. The molecule has 0 spiro atoms. The normalized spacial score (nSPS) is 20.2. The van der Waals surface area contributed by atoms with Gasteiger partial charge in [0.1, 0.15) is 11.5 Å². The maximum absolute atomic E-state index is 5.84. The Morgan fingerprint density at radius 1 is 1.53 bits per heavy atom. The van der Waals surface area contributed by atoms with Crippen molar-refractivity contribution in [2.24, 2.45) is 10.9 Å². The molecule has 1 aliphatic heterocycles. The molecule has 1 unspecified atom stereocenters. The van der Waals surface area contributed by atoms with E-state index in [2.05, 4.69) is 29.1 Å². The molecule has 3 N–H and O–H groups in total. The number of aromatic nitrogens is 1. The van der Waals surface area contributed by atoms with Crippen molar-refractivity contribution in [2.45, 2.75) is 19.9 Å². The van der Waals surface area contributed by atoms with Gasteiger partial charge in [-0.1, -0.05) is 13.8 Å². The van der Waals surface area contributed by atoms with E-state index in [1.165, 1.54) is 0 Å². The highest BCUT2D eigenvalue weighted by Gasteiger charge is 2.22. The first-order chi connectivity index (χ1) is 7.18. The fourth-order valence-electron chi connectivity index (χ4n) is 1.60. The van der Waals surface area contributed by atoms with Gasteiger partial charge in [0, 0.05) is 12.7 Å². The van der Waals surface area contributed by atoms with Crippen molar-refractivity contribution < 1.29 is 0 Å². The van der Waals surface area contributed by atoms with E-state index in [0.29, 0.717) is 17.6 Å². The first-order valence-electron chi connectivity index (χ1n) is 5.21. The van der Waals surface area contributed by atoms with Gasteiger partial charge in [0.2, 0.25) is 0 Å². The summed E-state index contributed by atoms with van der Waals surface area (Å²) in [5, 5.41) is 3.25. The summed E-state index contributed by atoms with van der Waals surface area (Å²) in [5.41, 5.74) is 7.28. The highest BCUT2D eigenvalue weighted by atomic mass is 15.1. The predicted octanol–water partition coefficient (Wildman–Crippen LogP) is 1.04. The Kier molecular flexibility index (Phi) is 2.58. The zero-order valence-electron chi connectivity index (χ0n) is 9.07. The molecule has 1 aliphatic rings. The lowest BCUT2D eigenvalue weighted by Crippen LogP contribution is -2.25. The third-order valence-corrected chi connectivity index (χ3v) is 2.61. The minimum atomic E-state index is 0.335. The number of rotatable bonds is 2. The molecule has 0 amide bonds. The quantitative estimate of drug-likeness (QED) is 0.756. The monoisotopic (exact) mass is 204 g/mol. The van der Waals surface area contributed by atoms with Gasteiger partial charge in [-0.15, -0.1) is 0 Å². The van der Waals surface area contributed by atoms with Gasteiger partial charge in [-0.05, 0) is 18.1 Å². The average Bonchev–Trinajstić information content (AvgIpc) is 2.67. The Balaban J connectivity index is 2.27. The zero-order chi connectivity index (χ0) is 10.8. The summed E-state index contributed by atoms with van der Waals surface area (Å²) >= 11 is 0. The fourth-order valence-corrected chi connectivity index (χ4v) is 1.60. The summed E-state index contributed by atoms with van der Waals surface area (Å²) in [4.78, 5) is 8.82. The minimum Gasteiger partial charge on any atom is -0.397 e. The molecule has 80 valence electrons. The second-order valence-electron chi connectivity index (χ2n) is 4.11. The van der Waals surface area contributed by atoms with Crippen LogP contribution in [0.4, 0.5) is 5.69 Å². The Bertz CT molecular complexity index is 384. The molecule has 15 heavy (non-hydrogen) atoms. The Morgan fingerprint density at radius 3 is 2.93 bits per heavy atom. The molecule has 1 aromatic rings. The molecule has 4 heteroatoms. The van der Waals surface area contributed by atoms with Crippen LogP contribution in [0.5, 0.6) is 0 Å². The summed E-state index contributed by atoms with van der Waals surface area (Å²) in [6, 6.07) is 4.00. The van der Waals surface area contributed by atoms with Crippen LogP contribution in [-0.2, 0) is 0 Å². The van der Waals surface area contributed by atoms with E-state index in [0.717, 1.165) is 18.1 Å². The predicted molar refractivity (Wildman–Crippen MR) is 61.8 cm³/mol. The number of nitrogens with two attached hydrogens (primary N) is 1. The molecule has 4 nitrogen and oxygen atoms in total. The molecule has 1 aromatic heterocycles. The molecule has 0 saturated heterocycles. The number of nitrogen functional groups attached to an aromatic ring is 1. The van der Waals surface area contributed by atoms with Gasteiger partial charge in [-0.2, -0.15) is 0 Å². The van der Waals surface area contributed by atoms with E-state index in [1.54, 1.807) is 6.20 Å². The van der Waals surface area contributed by atoms with Gasteiger partial charge < -0.3 is 11.1 Å². The smallest absolute Gasteiger partial charge is 0.149 e. The van der Waals surface area contributed by atoms with Crippen molar-refractivity contribution >= 4 is 11.5 Å². The Labute approximate surface area is 89.6 Å². The van der Waals surface area contributed by atoms with Crippen LogP contribution >= 0.6 is 0 Å². The number of hydrogen-bond donors (Lipinski definition) is 2. The number of anilines is 1. The van der Waals surface area contributed by atoms with E-state index < -0.39 is 0 Å². The highest BCUT2D eigenvalue weighted by Crippen LogP contribution is 2.15. The van der Waals surface area contributed by atoms with Crippen LogP contribution in [0, 0.1) is 5.92 Å². The van der Waals surface area contributed by atoms with Gasteiger partial charge in [-0.3, -0.25) is 9.98 Å². The molecular weight excluding hydrogens is 188 g/mol. The lowest BCUT2D eigenvalue weighted by molar-refractivity contribution is 0.512. The molecule has 2 heterocycles. The number of nitrogens with one attached hydrogen (secondary N) is 1. The molecule has 0 aliphatic carbocycles. The third kappa shape index (κ3) is 1.93. The van der Waals surface area contributed by atoms with Crippen molar-refractivity contribution in [2.75, 3.05) is 12.3 Å². The Hall–Kier alpha value is -1.58. The number of amidine groups is 1. The first kappa shape index (κ1) is 9.96. The molecule has 2 rings (SSSR count). The van der Waals surface area contributed by atoms with E-state index in [9.17, 15) is 0 Å². The fraction of sp³-hybridized carbons (Fsp3) is 0.455. The molecule has 0 fully saturated rings. The summed E-state index contributed by atoms with van der Waals surface area (Å²) in [7, 11) is 0. The van der Waals surface area contributed by atoms with Gasteiger partial charge in [0.15, 0.2) is 0 Å². The third-order valence-electron chi connectivity index (χ3n) is 2.61. The van der Waals surface area contributed by atoms with E-state index in [-0.39, 0.29) is 0 Å². The second kappa shape index (κ2) is 3.88. The van der Waals surface area contributed by atoms with Crippen LogP contribution in [0.2, 0.25) is 0 Å². The van der Waals surface area contributed by atoms with Gasteiger partial charge >= 0.3 is 0 Å². The summed E-state index contributed by atoms with van der Waals surface area (Å²) in [6.07, 6.45) is 1.73. The van der Waals surface area contributed by atoms with Crippen molar-refractivity contribution in [3.8, 4) is 0 Å². The van der Waals surface area contributed by atoms with Crippen LogP contribution in [0.25, 0.3) is 0 Å². The lowest BCUT2D eigenvalue weighted by atomic mass is 10.1. The average molecular weight is 204 g/mol. The van der Waals surface area contributed by atoms with Gasteiger partial charge in [0.05, 0.1) is 11.7 Å². The molecule has 0 saturated carbocycles. The lowest BCUT2D eigenvalue weighted by Gasteiger charge is -2.07. The van der Waals surface area contributed by atoms with Crippen LogP contribution in [0.15, 0.2) is 23.3 Å². The van der Waals surface area contributed by atoms with Gasteiger partial charge in [0.25, 0.3) is 0 Å². The molecule has 0 radical (unpaired) electrons.